The molecule has 6 nitrogen and oxygen atoms in total. The van der Waals surface area contributed by atoms with E-state index in [4.69, 9.17) is 6.57 Å². The number of aromatic amines is 1. The first-order valence-electron chi connectivity index (χ1n) is 9.83. The van der Waals surface area contributed by atoms with Crippen LogP contribution in [0.2, 0.25) is 0 Å². The summed E-state index contributed by atoms with van der Waals surface area (Å²) < 4.78 is 66.9. The number of halogens is 5. The van der Waals surface area contributed by atoms with Gasteiger partial charge < -0.3 is 9.83 Å². The summed E-state index contributed by atoms with van der Waals surface area (Å²) in [4.78, 5) is 20.9. The van der Waals surface area contributed by atoms with Gasteiger partial charge in [-0.2, -0.15) is 26.9 Å². The van der Waals surface area contributed by atoms with E-state index < -0.39 is 35.0 Å². The van der Waals surface area contributed by atoms with Crippen molar-refractivity contribution in [2.75, 3.05) is 0 Å². The van der Waals surface area contributed by atoms with Crippen LogP contribution < -0.4 is 0 Å². The van der Waals surface area contributed by atoms with Gasteiger partial charge in [0, 0.05) is 5.41 Å². The van der Waals surface area contributed by atoms with E-state index >= 15 is 0 Å². The predicted octanol–water partition coefficient (Wildman–Crippen LogP) is 6.10. The molecule has 0 aliphatic heterocycles. The lowest BCUT2D eigenvalue weighted by atomic mass is 9.84. The fourth-order valence-corrected chi connectivity index (χ4v) is 3.35. The van der Waals surface area contributed by atoms with Crippen molar-refractivity contribution in [3.05, 3.63) is 88.9 Å². The lowest BCUT2D eigenvalue weighted by molar-refractivity contribution is -0.140. The first-order chi connectivity index (χ1) is 16.0. The number of pyridine rings is 3. The first kappa shape index (κ1) is 23.0. The third-order valence-corrected chi connectivity index (χ3v) is 5.19. The smallest absolute Gasteiger partial charge is 0.359 e. The van der Waals surface area contributed by atoms with E-state index in [0.29, 0.717) is 11.4 Å². The Labute approximate surface area is 190 Å². The van der Waals surface area contributed by atoms with Gasteiger partial charge in [0.1, 0.15) is 11.4 Å². The molecule has 11 heteroatoms. The molecule has 0 aliphatic carbocycles. The summed E-state index contributed by atoms with van der Waals surface area (Å²) in [7, 11) is 0. The Morgan fingerprint density at radius 2 is 1.44 bits per heavy atom. The van der Waals surface area contributed by atoms with Gasteiger partial charge in [-0.05, 0) is 50.2 Å². The highest BCUT2D eigenvalue weighted by Crippen LogP contribution is 2.37. The van der Waals surface area contributed by atoms with Gasteiger partial charge in [0.15, 0.2) is 0 Å². The first-order valence-corrected chi connectivity index (χ1v) is 9.83. The maximum atomic E-state index is 14.2. The molecule has 0 spiro atoms. The highest BCUT2D eigenvalue weighted by molar-refractivity contribution is 5.60. The lowest BCUT2D eigenvalue weighted by Crippen LogP contribution is -2.22. The average Bonchev–Trinajstić information content (AvgIpc) is 3.25. The second kappa shape index (κ2) is 8.30. The summed E-state index contributed by atoms with van der Waals surface area (Å²) in [5.74, 6) is -2.95. The Bertz CT molecular complexity index is 1420. The quantitative estimate of drug-likeness (QED) is 0.222. The second-order valence-corrected chi connectivity index (χ2v) is 7.81. The Kier molecular flexibility index (Phi) is 5.61. The summed E-state index contributed by atoms with van der Waals surface area (Å²) in [6.45, 7) is 10.6. The SMILES string of the molecule is [C-]#[N+]c1nc(-c2cccc(C(C)(C)c3cccc(-c4ccc(F)nc4F)n3)n2)[nH]c1C(F)(F)F. The topological polar surface area (TPSA) is 71.7 Å². The van der Waals surface area contributed by atoms with Crippen LogP contribution in [0.1, 0.15) is 30.9 Å². The lowest BCUT2D eigenvalue weighted by Gasteiger charge is -2.24. The van der Waals surface area contributed by atoms with E-state index in [9.17, 15) is 22.0 Å². The molecule has 0 unspecified atom stereocenters. The molecule has 0 aromatic carbocycles. The van der Waals surface area contributed by atoms with Crippen molar-refractivity contribution in [3.8, 4) is 22.8 Å². The molecule has 4 heterocycles. The Morgan fingerprint density at radius 3 is 2.00 bits per heavy atom. The maximum Gasteiger partial charge on any atom is 0.423 e. The molecule has 172 valence electrons. The van der Waals surface area contributed by atoms with Gasteiger partial charge in [0.2, 0.25) is 17.7 Å². The Morgan fingerprint density at radius 1 is 0.824 bits per heavy atom. The molecular weight excluding hydrogens is 455 g/mol. The number of H-pyrrole nitrogens is 1. The van der Waals surface area contributed by atoms with Crippen molar-refractivity contribution in [1.29, 1.82) is 0 Å². The third kappa shape index (κ3) is 4.22. The van der Waals surface area contributed by atoms with Gasteiger partial charge >= 0.3 is 6.18 Å². The highest BCUT2D eigenvalue weighted by atomic mass is 19.4. The zero-order valence-corrected chi connectivity index (χ0v) is 17.7. The fourth-order valence-electron chi connectivity index (χ4n) is 3.35. The number of hydrogen-bond acceptors (Lipinski definition) is 4. The highest BCUT2D eigenvalue weighted by Gasteiger charge is 2.38. The molecule has 0 aliphatic rings. The van der Waals surface area contributed by atoms with Gasteiger partial charge in [-0.25, -0.2) is 4.98 Å². The molecule has 34 heavy (non-hydrogen) atoms. The summed E-state index contributed by atoms with van der Waals surface area (Å²) >= 11 is 0. The number of hydrogen-bond donors (Lipinski definition) is 1. The van der Waals surface area contributed by atoms with Crippen LogP contribution in [0.25, 0.3) is 27.6 Å². The zero-order chi connectivity index (χ0) is 24.7. The van der Waals surface area contributed by atoms with Crippen LogP contribution in [0, 0.1) is 18.5 Å². The van der Waals surface area contributed by atoms with E-state index in [1.807, 2.05) is 0 Å². The fraction of sp³-hybridized carbons (Fsp3) is 0.174. The Balaban J connectivity index is 1.75. The molecule has 0 amide bonds. The van der Waals surface area contributed by atoms with Crippen molar-refractivity contribution in [2.24, 2.45) is 0 Å². The van der Waals surface area contributed by atoms with Crippen molar-refractivity contribution >= 4 is 5.82 Å². The Hall–Kier alpha value is -4.20. The van der Waals surface area contributed by atoms with Gasteiger partial charge in [-0.3, -0.25) is 4.98 Å². The second-order valence-electron chi connectivity index (χ2n) is 7.81. The number of aromatic nitrogens is 5. The van der Waals surface area contributed by atoms with Crippen LogP contribution in [0.3, 0.4) is 0 Å². The molecule has 4 aromatic rings. The summed E-state index contributed by atoms with van der Waals surface area (Å²) in [6, 6.07) is 11.9. The van der Waals surface area contributed by atoms with Crippen LogP contribution in [0.5, 0.6) is 0 Å². The van der Waals surface area contributed by atoms with Crippen molar-refractivity contribution in [2.45, 2.75) is 25.4 Å². The molecule has 1 N–H and O–H groups in total. The summed E-state index contributed by atoms with van der Waals surface area (Å²) in [5.41, 5.74) is -0.823. The normalized spacial score (nSPS) is 11.9. The molecule has 0 radical (unpaired) electrons. The van der Waals surface area contributed by atoms with E-state index in [1.165, 1.54) is 12.1 Å². The molecule has 0 fully saturated rings. The number of alkyl halides is 3. The molecular formula is C23H15F5N6. The molecule has 0 atom stereocenters. The van der Waals surface area contributed by atoms with Crippen LogP contribution in [0.15, 0.2) is 48.5 Å². The zero-order valence-electron chi connectivity index (χ0n) is 17.7. The molecule has 0 saturated carbocycles. The minimum atomic E-state index is -4.77. The largest absolute Gasteiger partial charge is 0.423 e. The van der Waals surface area contributed by atoms with Gasteiger partial charge in [-0.15, -0.1) is 0 Å². The third-order valence-electron chi connectivity index (χ3n) is 5.19. The van der Waals surface area contributed by atoms with Gasteiger partial charge in [0.25, 0.3) is 5.82 Å². The minimum Gasteiger partial charge on any atom is -0.359 e. The van der Waals surface area contributed by atoms with E-state index in [1.54, 1.807) is 44.2 Å². The number of nitrogens with zero attached hydrogens (tertiary/aromatic N) is 5. The number of rotatable bonds is 4. The van der Waals surface area contributed by atoms with E-state index in [2.05, 4.69) is 29.8 Å². The van der Waals surface area contributed by atoms with E-state index in [-0.39, 0.29) is 22.8 Å². The van der Waals surface area contributed by atoms with Crippen LogP contribution in [-0.2, 0) is 11.6 Å². The minimum absolute atomic E-state index is 0.0164. The van der Waals surface area contributed by atoms with Gasteiger partial charge in [-0.1, -0.05) is 23.7 Å². The van der Waals surface area contributed by atoms with Crippen LogP contribution >= 0.6 is 0 Å². The van der Waals surface area contributed by atoms with Crippen LogP contribution in [0.4, 0.5) is 27.8 Å². The molecule has 4 rings (SSSR count). The monoisotopic (exact) mass is 470 g/mol. The standard InChI is InChI=1S/C23H15F5N6/c1-22(2,15-8-4-6-13(30-15)12-10-11-17(24)32-19(12)25)16-9-5-7-14(31-16)20-33-18(23(26,27)28)21(29-3)34-20/h4-11H,1-2H3,(H,33,34). The molecule has 0 saturated heterocycles. The summed E-state index contributed by atoms with van der Waals surface area (Å²) in [6.07, 6.45) is -4.77. The maximum absolute atomic E-state index is 14.2. The number of imidazole rings is 1. The van der Waals surface area contributed by atoms with E-state index in [0.717, 1.165) is 6.07 Å². The predicted molar refractivity (Wildman–Crippen MR) is 113 cm³/mol. The average molecular weight is 470 g/mol. The molecule has 0 bridgehead atoms. The number of nitrogens with one attached hydrogen (secondary N) is 1. The van der Waals surface area contributed by atoms with Crippen LogP contribution in [-0.4, -0.2) is 24.9 Å². The van der Waals surface area contributed by atoms with Crippen molar-refractivity contribution in [1.82, 2.24) is 24.9 Å². The summed E-state index contributed by atoms with van der Waals surface area (Å²) in [5, 5.41) is 0. The van der Waals surface area contributed by atoms with Gasteiger partial charge in [0.05, 0.1) is 22.6 Å². The molecule has 4 aromatic heterocycles. The van der Waals surface area contributed by atoms with Crippen molar-refractivity contribution in [3.63, 3.8) is 0 Å². The van der Waals surface area contributed by atoms with Crippen molar-refractivity contribution < 1.29 is 22.0 Å².